The third-order valence-electron chi connectivity index (χ3n) is 3.66. The molecule has 0 atom stereocenters. The molecule has 1 fully saturated rings. The average Bonchev–Trinajstić information content (AvgIpc) is 2.85. The minimum Gasteiger partial charge on any atom is -0.354 e. The fraction of sp³-hybridized carbons (Fsp3) is 0.538. The predicted octanol–water partition coefficient (Wildman–Crippen LogP) is 0.236. The van der Waals surface area contributed by atoms with Crippen LogP contribution in [0.25, 0.3) is 0 Å². The van der Waals surface area contributed by atoms with E-state index in [2.05, 4.69) is 29.9 Å². The van der Waals surface area contributed by atoms with Gasteiger partial charge in [-0.2, -0.15) is 5.10 Å². The van der Waals surface area contributed by atoms with E-state index in [9.17, 15) is 0 Å². The smallest absolute Gasteiger partial charge is 0.140 e. The maximum Gasteiger partial charge on any atom is 0.140 e. The molecule has 0 N–H and O–H groups in total. The van der Waals surface area contributed by atoms with Crippen LogP contribution in [0.2, 0.25) is 0 Å². The number of hydrogen-bond acceptors (Lipinski definition) is 6. The van der Waals surface area contributed by atoms with E-state index < -0.39 is 0 Å². The fourth-order valence-corrected chi connectivity index (χ4v) is 2.41. The summed E-state index contributed by atoms with van der Waals surface area (Å²) in [5.41, 5.74) is 1.01. The highest BCUT2D eigenvalue weighted by molar-refractivity contribution is 5.39. The number of piperazine rings is 1. The van der Waals surface area contributed by atoms with Crippen LogP contribution in [0, 0.1) is 6.92 Å². The first-order valence-electron chi connectivity index (χ1n) is 6.81. The quantitative estimate of drug-likeness (QED) is 0.798. The molecule has 20 heavy (non-hydrogen) atoms. The van der Waals surface area contributed by atoms with Crippen LogP contribution in [-0.4, -0.2) is 55.8 Å². The lowest BCUT2D eigenvalue weighted by molar-refractivity contribution is 0.240. The van der Waals surface area contributed by atoms with Crippen LogP contribution in [0.5, 0.6) is 0 Å². The fourth-order valence-electron chi connectivity index (χ4n) is 2.41. The topological polar surface area (TPSA) is 63.0 Å². The first-order valence-corrected chi connectivity index (χ1v) is 6.81. The minimum absolute atomic E-state index is 0.854. The van der Waals surface area contributed by atoms with Gasteiger partial charge in [0.15, 0.2) is 0 Å². The Balaban J connectivity index is 1.58. The molecule has 0 saturated carbocycles. The number of rotatable bonds is 3. The maximum atomic E-state index is 4.35. The van der Waals surface area contributed by atoms with E-state index in [0.29, 0.717) is 0 Å². The first kappa shape index (κ1) is 13.0. The van der Waals surface area contributed by atoms with E-state index in [1.807, 2.05) is 24.7 Å². The number of nitrogens with zero attached hydrogens (tertiary/aromatic N) is 7. The van der Waals surface area contributed by atoms with Crippen molar-refractivity contribution in [2.75, 3.05) is 31.1 Å². The molecule has 0 aliphatic carbocycles. The van der Waals surface area contributed by atoms with E-state index >= 15 is 0 Å². The van der Waals surface area contributed by atoms with Gasteiger partial charge < -0.3 is 4.90 Å². The van der Waals surface area contributed by atoms with Crippen molar-refractivity contribution in [2.45, 2.75) is 13.5 Å². The summed E-state index contributed by atoms with van der Waals surface area (Å²) in [6.07, 6.45) is 3.24. The SMILES string of the molecule is Cc1cc(N2CCN(Cc3ncnn3C)CC2)ncn1. The molecule has 3 heterocycles. The van der Waals surface area contributed by atoms with Crippen LogP contribution in [0.4, 0.5) is 5.82 Å². The molecule has 0 unspecified atom stereocenters. The van der Waals surface area contributed by atoms with Crippen LogP contribution in [-0.2, 0) is 13.6 Å². The van der Waals surface area contributed by atoms with Gasteiger partial charge in [0.1, 0.15) is 24.3 Å². The Morgan fingerprint density at radius 3 is 2.50 bits per heavy atom. The summed E-state index contributed by atoms with van der Waals surface area (Å²) in [5.74, 6) is 2.03. The summed E-state index contributed by atoms with van der Waals surface area (Å²) in [7, 11) is 1.93. The second-order valence-corrected chi connectivity index (χ2v) is 5.08. The Kier molecular flexibility index (Phi) is 3.60. The summed E-state index contributed by atoms with van der Waals surface area (Å²) < 4.78 is 1.83. The van der Waals surface area contributed by atoms with Crippen molar-refractivity contribution in [1.29, 1.82) is 0 Å². The molecule has 7 nitrogen and oxygen atoms in total. The van der Waals surface area contributed by atoms with Gasteiger partial charge >= 0.3 is 0 Å². The number of hydrogen-bond donors (Lipinski definition) is 0. The largest absolute Gasteiger partial charge is 0.354 e. The highest BCUT2D eigenvalue weighted by Crippen LogP contribution is 2.14. The third kappa shape index (κ3) is 2.77. The monoisotopic (exact) mass is 273 g/mol. The van der Waals surface area contributed by atoms with Crippen molar-refractivity contribution in [2.24, 2.45) is 7.05 Å². The summed E-state index contributed by atoms with van der Waals surface area (Å²) in [5, 5.41) is 4.11. The molecule has 3 rings (SSSR count). The Morgan fingerprint density at radius 2 is 1.85 bits per heavy atom. The number of aromatic nitrogens is 5. The lowest BCUT2D eigenvalue weighted by Gasteiger charge is -2.35. The van der Waals surface area contributed by atoms with E-state index in [1.54, 1.807) is 12.7 Å². The van der Waals surface area contributed by atoms with E-state index in [1.165, 1.54) is 0 Å². The van der Waals surface area contributed by atoms with Crippen molar-refractivity contribution in [3.05, 3.63) is 30.2 Å². The highest BCUT2D eigenvalue weighted by atomic mass is 15.3. The zero-order chi connectivity index (χ0) is 13.9. The number of anilines is 1. The van der Waals surface area contributed by atoms with Gasteiger partial charge in [-0.25, -0.2) is 15.0 Å². The lowest BCUT2D eigenvalue weighted by Crippen LogP contribution is -2.46. The Labute approximate surface area is 118 Å². The average molecular weight is 273 g/mol. The first-order chi connectivity index (χ1) is 9.72. The summed E-state index contributed by atoms with van der Waals surface area (Å²) in [4.78, 5) is 17.5. The van der Waals surface area contributed by atoms with Crippen molar-refractivity contribution < 1.29 is 0 Å². The second kappa shape index (κ2) is 5.54. The third-order valence-corrected chi connectivity index (χ3v) is 3.66. The molecule has 0 amide bonds. The standard InChI is InChI=1S/C13H19N7/c1-11-7-12(15-9-14-11)20-5-3-19(4-6-20)8-13-16-10-17-18(13)2/h7,9-10H,3-6,8H2,1-2H3. The van der Waals surface area contributed by atoms with Crippen LogP contribution in [0.15, 0.2) is 18.7 Å². The highest BCUT2D eigenvalue weighted by Gasteiger charge is 2.19. The molecule has 0 spiro atoms. The van der Waals surface area contributed by atoms with Crippen LogP contribution in [0.1, 0.15) is 11.5 Å². The molecule has 0 radical (unpaired) electrons. The van der Waals surface area contributed by atoms with E-state index in [4.69, 9.17) is 0 Å². The summed E-state index contributed by atoms with van der Waals surface area (Å²) in [6.45, 7) is 6.83. The van der Waals surface area contributed by atoms with Crippen molar-refractivity contribution >= 4 is 5.82 Å². The molecule has 0 aromatic carbocycles. The van der Waals surface area contributed by atoms with Crippen molar-refractivity contribution in [3.8, 4) is 0 Å². The molecule has 106 valence electrons. The van der Waals surface area contributed by atoms with Gasteiger partial charge in [-0.1, -0.05) is 0 Å². The van der Waals surface area contributed by atoms with Gasteiger partial charge in [0.2, 0.25) is 0 Å². The molecular formula is C13H19N7. The van der Waals surface area contributed by atoms with Gasteiger partial charge in [0.25, 0.3) is 0 Å². The summed E-state index contributed by atoms with van der Waals surface area (Å²) in [6, 6.07) is 2.04. The maximum absolute atomic E-state index is 4.35. The van der Waals surface area contributed by atoms with Crippen molar-refractivity contribution in [3.63, 3.8) is 0 Å². The van der Waals surface area contributed by atoms with E-state index in [-0.39, 0.29) is 0 Å². The zero-order valence-electron chi connectivity index (χ0n) is 11.9. The molecule has 2 aromatic rings. The molecule has 1 saturated heterocycles. The normalized spacial score (nSPS) is 16.6. The van der Waals surface area contributed by atoms with E-state index in [0.717, 1.165) is 50.1 Å². The zero-order valence-corrected chi connectivity index (χ0v) is 11.9. The van der Waals surface area contributed by atoms with Gasteiger partial charge in [0, 0.05) is 45.0 Å². The lowest BCUT2D eigenvalue weighted by atomic mass is 10.3. The number of aryl methyl sites for hydroxylation is 2. The van der Waals surface area contributed by atoms with Crippen LogP contribution < -0.4 is 4.90 Å². The van der Waals surface area contributed by atoms with Crippen LogP contribution in [0.3, 0.4) is 0 Å². The molecule has 1 aliphatic rings. The Hall–Kier alpha value is -2.02. The predicted molar refractivity (Wildman–Crippen MR) is 75.3 cm³/mol. The van der Waals surface area contributed by atoms with Gasteiger partial charge in [-0.15, -0.1) is 0 Å². The van der Waals surface area contributed by atoms with Gasteiger partial charge in [0.05, 0.1) is 6.54 Å². The van der Waals surface area contributed by atoms with Gasteiger partial charge in [-0.05, 0) is 6.92 Å². The molecule has 1 aliphatic heterocycles. The minimum atomic E-state index is 0.854. The molecule has 7 heteroatoms. The molecule has 0 bridgehead atoms. The Morgan fingerprint density at radius 1 is 1.05 bits per heavy atom. The Bertz CT molecular complexity index is 572. The van der Waals surface area contributed by atoms with Crippen LogP contribution >= 0.6 is 0 Å². The second-order valence-electron chi connectivity index (χ2n) is 5.08. The summed E-state index contributed by atoms with van der Waals surface area (Å²) >= 11 is 0. The van der Waals surface area contributed by atoms with Gasteiger partial charge in [-0.3, -0.25) is 9.58 Å². The van der Waals surface area contributed by atoms with Crippen molar-refractivity contribution in [1.82, 2.24) is 29.6 Å². The molecular weight excluding hydrogens is 254 g/mol. The molecule has 2 aromatic heterocycles.